The third kappa shape index (κ3) is 3.34. The van der Waals surface area contributed by atoms with Gasteiger partial charge >= 0.3 is 5.97 Å². The van der Waals surface area contributed by atoms with Crippen molar-refractivity contribution < 1.29 is 19.1 Å². The van der Waals surface area contributed by atoms with E-state index in [1.54, 1.807) is 0 Å². The maximum Gasteiger partial charge on any atom is 0.334 e. The summed E-state index contributed by atoms with van der Waals surface area (Å²) in [5.41, 5.74) is 1.67. The summed E-state index contributed by atoms with van der Waals surface area (Å²) in [6.07, 6.45) is 7.16. The Morgan fingerprint density at radius 2 is 2.08 bits per heavy atom. The van der Waals surface area contributed by atoms with Gasteiger partial charge in [-0.1, -0.05) is 25.2 Å². The van der Waals surface area contributed by atoms with Gasteiger partial charge < -0.3 is 9.47 Å². The van der Waals surface area contributed by atoms with Crippen molar-refractivity contribution in [1.82, 2.24) is 0 Å². The first-order valence-corrected chi connectivity index (χ1v) is 9.09. The van der Waals surface area contributed by atoms with Gasteiger partial charge in [0.25, 0.3) is 0 Å². The fourth-order valence-electron chi connectivity index (χ4n) is 3.99. The van der Waals surface area contributed by atoms with Gasteiger partial charge in [0.15, 0.2) is 11.9 Å². The van der Waals surface area contributed by atoms with E-state index in [0.717, 1.165) is 32.1 Å². The monoisotopic (exact) mass is 332 g/mol. The number of carbonyl (C=O) groups excluding carboxylic acids is 2. The van der Waals surface area contributed by atoms with Crippen molar-refractivity contribution in [2.75, 3.05) is 0 Å². The zero-order valence-electron chi connectivity index (χ0n) is 15.0. The van der Waals surface area contributed by atoms with Gasteiger partial charge in [0, 0.05) is 17.4 Å². The smallest absolute Gasteiger partial charge is 0.334 e. The van der Waals surface area contributed by atoms with Crippen LogP contribution in [0, 0.1) is 11.8 Å². The van der Waals surface area contributed by atoms with E-state index in [1.807, 2.05) is 6.92 Å². The number of ketones is 1. The molecule has 4 nitrogen and oxygen atoms in total. The van der Waals surface area contributed by atoms with Crippen molar-refractivity contribution in [3.63, 3.8) is 0 Å². The molecule has 0 aromatic rings. The molecule has 4 heteroatoms. The number of hydrogen-bond acceptors (Lipinski definition) is 4. The molecule has 0 bridgehead atoms. The maximum absolute atomic E-state index is 12.8. The summed E-state index contributed by atoms with van der Waals surface area (Å²) in [4.78, 5) is 24.8. The molecule has 0 spiro atoms. The average Bonchev–Trinajstić information content (AvgIpc) is 3.08. The minimum atomic E-state index is -0.673. The fourth-order valence-corrected chi connectivity index (χ4v) is 3.99. The van der Waals surface area contributed by atoms with Crippen LogP contribution in [0.1, 0.15) is 59.3 Å². The number of epoxide rings is 1. The highest BCUT2D eigenvalue weighted by Crippen LogP contribution is 2.47. The van der Waals surface area contributed by atoms with Crippen LogP contribution in [-0.4, -0.2) is 29.6 Å². The van der Waals surface area contributed by atoms with E-state index in [-0.39, 0.29) is 29.3 Å². The first-order valence-electron chi connectivity index (χ1n) is 9.09. The second-order valence-corrected chi connectivity index (χ2v) is 7.90. The summed E-state index contributed by atoms with van der Waals surface area (Å²) >= 11 is 0. The molecule has 3 aliphatic rings. The first-order chi connectivity index (χ1) is 11.3. The number of allylic oxidation sites excluding steroid dienone is 2. The minimum Gasteiger partial charge on any atom is -0.450 e. The van der Waals surface area contributed by atoms with Crippen LogP contribution in [0.15, 0.2) is 23.8 Å². The molecule has 1 aliphatic carbocycles. The van der Waals surface area contributed by atoms with Crippen molar-refractivity contribution in [2.45, 2.75) is 77.1 Å². The van der Waals surface area contributed by atoms with Crippen molar-refractivity contribution >= 4 is 11.8 Å². The average molecular weight is 332 g/mol. The topological polar surface area (TPSA) is 55.9 Å². The largest absolute Gasteiger partial charge is 0.450 e. The molecule has 2 saturated heterocycles. The van der Waals surface area contributed by atoms with Crippen LogP contribution in [0.5, 0.6) is 0 Å². The van der Waals surface area contributed by atoms with Gasteiger partial charge in [-0.2, -0.15) is 0 Å². The molecular formula is C20H28O4. The summed E-state index contributed by atoms with van der Waals surface area (Å²) in [5.74, 6) is -0.722. The lowest BCUT2D eigenvalue weighted by molar-refractivity contribution is -0.148. The van der Waals surface area contributed by atoms with Gasteiger partial charge in [0.05, 0.1) is 11.7 Å². The van der Waals surface area contributed by atoms with Crippen LogP contribution in [0.4, 0.5) is 0 Å². The molecule has 24 heavy (non-hydrogen) atoms. The predicted molar refractivity (Wildman–Crippen MR) is 91.4 cm³/mol. The summed E-state index contributed by atoms with van der Waals surface area (Å²) < 4.78 is 11.3. The third-order valence-electron chi connectivity index (χ3n) is 5.92. The Balaban J connectivity index is 1.81. The summed E-state index contributed by atoms with van der Waals surface area (Å²) in [5, 5.41) is 0. The molecule has 0 N–H and O–H groups in total. The van der Waals surface area contributed by atoms with E-state index in [2.05, 4.69) is 26.5 Å². The third-order valence-corrected chi connectivity index (χ3v) is 5.92. The molecule has 132 valence electrons. The molecule has 5 atom stereocenters. The highest BCUT2D eigenvalue weighted by molar-refractivity contribution is 5.98. The van der Waals surface area contributed by atoms with Crippen molar-refractivity contribution in [1.29, 1.82) is 0 Å². The van der Waals surface area contributed by atoms with Gasteiger partial charge in [0.1, 0.15) is 0 Å². The molecule has 0 aromatic heterocycles. The predicted octanol–water partition coefficient (Wildman–Crippen LogP) is 3.75. The second-order valence-electron chi connectivity index (χ2n) is 7.90. The summed E-state index contributed by atoms with van der Waals surface area (Å²) in [6, 6.07) is 0. The van der Waals surface area contributed by atoms with Crippen LogP contribution in [0.25, 0.3) is 0 Å². The molecule has 0 amide bonds. The molecule has 0 saturated carbocycles. The SMILES string of the molecule is C=C1C(=O)O[C@H]2C(=O)[C@@H](C)CCC/C(C)=C/CC[C@@]3(C)O[C@@H]3C[C@@H]12. The number of ether oxygens (including phenoxy) is 2. The molecule has 3 rings (SSSR count). The van der Waals surface area contributed by atoms with Gasteiger partial charge in [-0.15, -0.1) is 0 Å². The molecule has 2 aliphatic heterocycles. The normalized spacial score (nSPS) is 43.1. The van der Waals surface area contributed by atoms with Crippen molar-refractivity contribution in [3.05, 3.63) is 23.8 Å². The minimum absolute atomic E-state index is 0.0352. The molecule has 0 radical (unpaired) electrons. The van der Waals surface area contributed by atoms with Gasteiger partial charge in [-0.25, -0.2) is 4.79 Å². The van der Waals surface area contributed by atoms with E-state index in [9.17, 15) is 9.59 Å². The van der Waals surface area contributed by atoms with Crippen molar-refractivity contribution in [3.8, 4) is 0 Å². The zero-order chi connectivity index (χ0) is 17.5. The van der Waals surface area contributed by atoms with E-state index in [4.69, 9.17) is 9.47 Å². The van der Waals surface area contributed by atoms with Crippen molar-refractivity contribution in [2.24, 2.45) is 11.8 Å². The lowest BCUT2D eigenvalue weighted by Crippen LogP contribution is -2.33. The van der Waals surface area contributed by atoms with E-state index >= 15 is 0 Å². The van der Waals surface area contributed by atoms with Crippen LogP contribution in [-0.2, 0) is 19.1 Å². The van der Waals surface area contributed by atoms with Crippen LogP contribution < -0.4 is 0 Å². The van der Waals surface area contributed by atoms with E-state index in [0.29, 0.717) is 12.0 Å². The number of carbonyl (C=O) groups is 2. The fraction of sp³-hybridized carbons (Fsp3) is 0.700. The molecule has 2 heterocycles. The Labute approximate surface area is 144 Å². The lowest BCUT2D eigenvalue weighted by Gasteiger charge is -2.20. The standard InChI is InChI=1S/C20H28O4/c1-12-7-5-9-13(2)17(21)18-15(14(3)19(22)23-18)11-16-20(4,24-16)10-6-8-12/h8,13,15-16,18H,3,5-7,9-11H2,1-2,4H3/b12-8+/t13-,15-,16+,18+,20+/m0/s1. The highest BCUT2D eigenvalue weighted by Gasteiger charge is 2.55. The van der Waals surface area contributed by atoms with Crippen LogP contribution in [0.2, 0.25) is 0 Å². The number of esters is 1. The van der Waals surface area contributed by atoms with Gasteiger partial charge in [-0.05, 0) is 52.4 Å². The highest BCUT2D eigenvalue weighted by atomic mass is 16.6. The van der Waals surface area contributed by atoms with Crippen LogP contribution >= 0.6 is 0 Å². The number of fused-ring (bicyclic) bond motifs is 2. The Morgan fingerprint density at radius 1 is 1.33 bits per heavy atom. The zero-order valence-corrected chi connectivity index (χ0v) is 15.0. The van der Waals surface area contributed by atoms with Gasteiger partial charge in [-0.3, -0.25) is 4.79 Å². The Kier molecular flexibility index (Phi) is 4.69. The Bertz CT molecular complexity index is 590. The summed E-state index contributed by atoms with van der Waals surface area (Å²) in [6.45, 7) is 10.1. The Hall–Kier alpha value is -1.42. The number of hydrogen-bond donors (Lipinski definition) is 0. The second kappa shape index (κ2) is 6.47. The maximum atomic E-state index is 12.8. The van der Waals surface area contributed by atoms with E-state index in [1.165, 1.54) is 5.57 Å². The molecule has 0 aromatic carbocycles. The van der Waals surface area contributed by atoms with Gasteiger partial charge in [0.2, 0.25) is 0 Å². The number of rotatable bonds is 0. The number of Topliss-reactive ketones (excluding diaryl/α,β-unsaturated/α-hetero) is 1. The quantitative estimate of drug-likeness (QED) is 0.293. The lowest BCUT2D eigenvalue weighted by atomic mass is 9.82. The molecular weight excluding hydrogens is 304 g/mol. The molecule has 0 unspecified atom stereocenters. The van der Waals surface area contributed by atoms with Crippen LogP contribution in [0.3, 0.4) is 0 Å². The van der Waals surface area contributed by atoms with E-state index < -0.39 is 12.1 Å². The first kappa shape index (κ1) is 17.4. The molecule has 2 fully saturated rings. The summed E-state index contributed by atoms with van der Waals surface area (Å²) in [7, 11) is 0. The Morgan fingerprint density at radius 3 is 2.83 bits per heavy atom.